The molecular formula is H4GePbSiSn. The Morgan fingerprint density at radius 1 is 1.00 bits per heavy atom. The predicted octanol–water partition coefficient (Wildman–Crippen LogP) is -2.59. The van der Waals surface area contributed by atoms with E-state index in [1.807, 2.05) is 0 Å². The van der Waals surface area contributed by atoms with E-state index >= 15 is 0 Å². The summed E-state index contributed by atoms with van der Waals surface area (Å²) in [5.74, 6) is 0. The Balaban J connectivity index is 0. The molecular weight excluding hydrogens is 427 g/mol. The number of hydrogen-bond donors (Lipinski definition) is 0. The molecule has 12 radical (unpaired) electrons. The molecule has 0 amide bonds. The van der Waals surface area contributed by atoms with Crippen molar-refractivity contribution in [1.82, 2.24) is 0 Å². The Morgan fingerprint density at radius 2 is 1.00 bits per heavy atom. The molecule has 0 aromatic heterocycles. The van der Waals surface area contributed by atoms with Gasteiger partial charge in [0, 0.05) is 68.8 Å². The molecule has 0 fully saturated rings. The number of rotatable bonds is 0. The monoisotopic (exact) mass is 434 g/mol. The van der Waals surface area contributed by atoms with Gasteiger partial charge in [0.25, 0.3) is 0 Å². The van der Waals surface area contributed by atoms with Crippen LogP contribution in [0, 0.1) is 0 Å². The van der Waals surface area contributed by atoms with Crippen LogP contribution in [0.2, 0.25) is 0 Å². The van der Waals surface area contributed by atoms with E-state index in [0.29, 0.717) is 0 Å². The fourth-order valence-corrected chi connectivity index (χ4v) is 0. The topological polar surface area (TPSA) is 0 Å². The van der Waals surface area contributed by atoms with Crippen LogP contribution in [0.25, 0.3) is 0 Å². The third-order valence-corrected chi connectivity index (χ3v) is 0. The molecule has 0 unspecified atom stereocenters. The average Bonchev–Trinajstić information content (AvgIpc) is 0. The van der Waals surface area contributed by atoms with Crippen molar-refractivity contribution in [3.63, 3.8) is 0 Å². The summed E-state index contributed by atoms with van der Waals surface area (Å²) >= 11 is 0. The predicted molar refractivity (Wildman–Crippen MR) is 28.6 cm³/mol. The fraction of sp³-hybridized carbons (Fsp3) is 0. The van der Waals surface area contributed by atoms with Crippen LogP contribution in [-0.4, -0.2) is 79.8 Å². The summed E-state index contributed by atoms with van der Waals surface area (Å²) in [4.78, 5) is 0. The van der Waals surface area contributed by atoms with Crippen molar-refractivity contribution in [3.05, 3.63) is 0 Å². The minimum atomic E-state index is 0. The molecule has 0 aliphatic rings. The van der Waals surface area contributed by atoms with Gasteiger partial charge >= 0.3 is 0 Å². The Hall–Kier alpha value is 2.48. The van der Waals surface area contributed by atoms with E-state index in [2.05, 4.69) is 0 Å². The van der Waals surface area contributed by atoms with Crippen molar-refractivity contribution in [2.24, 2.45) is 0 Å². The van der Waals surface area contributed by atoms with Crippen LogP contribution >= 0.6 is 0 Å². The molecule has 4 heavy (non-hydrogen) atoms. The van der Waals surface area contributed by atoms with Gasteiger partial charge in [-0.1, -0.05) is 0 Å². The van der Waals surface area contributed by atoms with Crippen LogP contribution in [-0.2, 0) is 0 Å². The first-order valence-corrected chi connectivity index (χ1v) is 0. The molecule has 0 rings (SSSR count). The Labute approximate surface area is 78.6 Å². The Bertz CT molecular complexity index is 8.00. The second-order valence-corrected chi connectivity index (χ2v) is 0. The molecule has 4 heteroatoms. The van der Waals surface area contributed by atoms with E-state index < -0.39 is 0 Å². The summed E-state index contributed by atoms with van der Waals surface area (Å²) in [6, 6.07) is 0. The zero-order chi connectivity index (χ0) is 0. The van der Waals surface area contributed by atoms with Crippen molar-refractivity contribution in [3.8, 4) is 0 Å². The molecule has 0 atom stereocenters. The molecule has 0 spiro atoms. The molecule has 0 saturated carbocycles. The van der Waals surface area contributed by atoms with Crippen molar-refractivity contribution in [1.29, 1.82) is 0 Å². The summed E-state index contributed by atoms with van der Waals surface area (Å²) in [5.41, 5.74) is 0. The third-order valence-electron chi connectivity index (χ3n) is 0. The van der Waals surface area contributed by atoms with Crippen LogP contribution in [0.4, 0.5) is 0 Å². The van der Waals surface area contributed by atoms with E-state index in [-0.39, 0.29) is 79.8 Å². The van der Waals surface area contributed by atoms with Gasteiger partial charge in [-0.05, 0) is 11.0 Å². The molecule has 0 bridgehead atoms. The van der Waals surface area contributed by atoms with Crippen molar-refractivity contribution in [2.75, 3.05) is 0 Å². The van der Waals surface area contributed by atoms with Crippen molar-refractivity contribution < 1.29 is 0 Å². The van der Waals surface area contributed by atoms with Gasteiger partial charge in [0.05, 0.1) is 0 Å². The summed E-state index contributed by atoms with van der Waals surface area (Å²) in [6.45, 7) is 0. The minimum absolute atomic E-state index is 0. The quantitative estimate of drug-likeness (QED) is 0.370. The first kappa shape index (κ1) is 31.6. The maximum Gasteiger partial charge on any atom is 0 e. The molecule has 0 aliphatic carbocycles. The summed E-state index contributed by atoms with van der Waals surface area (Å²) in [6.07, 6.45) is 0. The smallest absolute Gasteiger partial charge is 0 e. The maximum absolute atomic E-state index is 0. The van der Waals surface area contributed by atoms with E-state index in [1.165, 1.54) is 0 Å². The molecule has 0 aromatic carbocycles. The van der Waals surface area contributed by atoms with Gasteiger partial charge in [-0.15, -0.1) is 0 Å². The molecule has 0 heterocycles. The largest absolute Gasteiger partial charge is 0.0149 e. The van der Waals surface area contributed by atoms with Gasteiger partial charge in [-0.3, -0.25) is 0 Å². The summed E-state index contributed by atoms with van der Waals surface area (Å²) < 4.78 is 0. The van der Waals surface area contributed by atoms with Gasteiger partial charge in [-0.2, -0.15) is 0 Å². The zero-order valence-corrected chi connectivity index (χ0v) is 10.3. The Morgan fingerprint density at radius 3 is 1.00 bits per heavy atom. The van der Waals surface area contributed by atoms with Crippen molar-refractivity contribution >= 4 is 79.8 Å². The first-order valence-electron chi connectivity index (χ1n) is 0. The van der Waals surface area contributed by atoms with Gasteiger partial charge in [0.15, 0.2) is 0 Å². The average molecular weight is 431 g/mol. The van der Waals surface area contributed by atoms with E-state index in [0.717, 1.165) is 0 Å². The minimum Gasteiger partial charge on any atom is -0.0149 e. The van der Waals surface area contributed by atoms with Crippen molar-refractivity contribution in [2.45, 2.75) is 0 Å². The summed E-state index contributed by atoms with van der Waals surface area (Å²) in [5, 5.41) is 0. The van der Waals surface area contributed by atoms with E-state index in [9.17, 15) is 0 Å². The third kappa shape index (κ3) is 8.82. The molecule has 0 aromatic rings. The molecule has 0 saturated heterocycles. The first-order chi connectivity index (χ1) is 0. The van der Waals surface area contributed by atoms with Gasteiger partial charge < -0.3 is 0 Å². The van der Waals surface area contributed by atoms with E-state index in [1.54, 1.807) is 0 Å². The van der Waals surface area contributed by atoms with Gasteiger partial charge in [-0.25, -0.2) is 0 Å². The number of hydrogen-bond acceptors (Lipinski definition) is 0. The van der Waals surface area contributed by atoms with Crippen LogP contribution in [0.3, 0.4) is 0 Å². The normalized spacial score (nSPS) is 0. The standard InChI is InChI=1S/Ge.Pb.H4Si.Sn/h;;1H4;. The van der Waals surface area contributed by atoms with Gasteiger partial charge in [0.1, 0.15) is 0 Å². The molecule has 0 nitrogen and oxygen atoms in total. The van der Waals surface area contributed by atoms with Crippen LogP contribution in [0.15, 0.2) is 0 Å². The van der Waals surface area contributed by atoms with E-state index in [4.69, 9.17) is 0 Å². The molecule has 0 aliphatic heterocycles. The van der Waals surface area contributed by atoms with Gasteiger partial charge in [0.2, 0.25) is 0 Å². The van der Waals surface area contributed by atoms with Crippen LogP contribution < -0.4 is 0 Å². The maximum atomic E-state index is 0. The van der Waals surface area contributed by atoms with Crippen LogP contribution in [0.5, 0.6) is 0 Å². The summed E-state index contributed by atoms with van der Waals surface area (Å²) in [7, 11) is 0. The Kier molecular flexibility index (Phi) is 141. The second-order valence-electron chi connectivity index (χ2n) is 0. The molecule has 0 N–H and O–H groups in total. The molecule has 20 valence electrons. The SMILES string of the molecule is [Ge].[Pb].[SiH4].[Sn]. The zero-order valence-electron chi connectivity index (χ0n) is 1.50. The second kappa shape index (κ2) is 17.9. The fourth-order valence-electron chi connectivity index (χ4n) is 0. The van der Waals surface area contributed by atoms with Crippen LogP contribution in [0.1, 0.15) is 0 Å².